The van der Waals surface area contributed by atoms with E-state index in [2.05, 4.69) is 27.4 Å². The molecule has 5 nitrogen and oxygen atoms in total. The largest absolute Gasteiger partial charge is 0.247 e. The van der Waals surface area contributed by atoms with Crippen molar-refractivity contribution in [3.63, 3.8) is 0 Å². The number of rotatable bonds is 2. The summed E-state index contributed by atoms with van der Waals surface area (Å²) < 4.78 is 2.22. The molecule has 2 rings (SSSR count). The maximum Gasteiger partial charge on any atom is 0.238 e. The van der Waals surface area contributed by atoms with Crippen LogP contribution < -0.4 is 0 Å². The lowest BCUT2D eigenvalue weighted by Gasteiger charge is -2.09. The van der Waals surface area contributed by atoms with Crippen LogP contribution in [0.3, 0.4) is 0 Å². The number of aromatic nitrogens is 5. The summed E-state index contributed by atoms with van der Waals surface area (Å²) in [6.07, 6.45) is 0. The Morgan fingerprint density at radius 3 is 2.67 bits per heavy atom. The molecule has 0 aliphatic heterocycles. The molecule has 1 atom stereocenters. The van der Waals surface area contributed by atoms with Crippen LogP contribution in [-0.4, -0.2) is 25.2 Å². The highest BCUT2D eigenvalue weighted by atomic mass is 32.1. The standard InChI is InChI=1S/C8H11N5S2/c1-4-7(15-6(3)9-4)5(2)13-8(14)10-11-12-13/h5H,1-3H3,(H,10,12,14). The van der Waals surface area contributed by atoms with Crippen molar-refractivity contribution in [2.75, 3.05) is 0 Å². The van der Waals surface area contributed by atoms with Crippen LogP contribution in [0.1, 0.15) is 28.5 Å². The normalized spacial score (nSPS) is 13.0. The molecule has 0 fully saturated rings. The molecule has 0 saturated carbocycles. The van der Waals surface area contributed by atoms with Crippen molar-refractivity contribution in [1.82, 2.24) is 25.2 Å². The van der Waals surface area contributed by atoms with E-state index in [-0.39, 0.29) is 6.04 Å². The Morgan fingerprint density at radius 2 is 2.20 bits per heavy atom. The molecular weight excluding hydrogens is 230 g/mol. The van der Waals surface area contributed by atoms with Crippen LogP contribution in [0, 0.1) is 18.6 Å². The van der Waals surface area contributed by atoms with E-state index in [1.54, 1.807) is 16.0 Å². The zero-order valence-electron chi connectivity index (χ0n) is 8.68. The summed E-state index contributed by atoms with van der Waals surface area (Å²) in [4.78, 5) is 5.58. The molecule has 2 aromatic heterocycles. The van der Waals surface area contributed by atoms with Gasteiger partial charge in [0.2, 0.25) is 4.77 Å². The molecule has 2 heterocycles. The molecule has 0 bridgehead atoms. The molecule has 1 unspecified atom stereocenters. The minimum Gasteiger partial charge on any atom is -0.247 e. The predicted molar refractivity (Wildman–Crippen MR) is 60.6 cm³/mol. The van der Waals surface area contributed by atoms with Gasteiger partial charge in [-0.25, -0.2) is 9.67 Å². The van der Waals surface area contributed by atoms with Crippen LogP contribution in [-0.2, 0) is 0 Å². The summed E-state index contributed by atoms with van der Waals surface area (Å²) in [5.74, 6) is 0. The number of aryl methyl sites for hydroxylation is 2. The minimum atomic E-state index is 0.110. The predicted octanol–water partition coefficient (Wildman–Crippen LogP) is 2.02. The van der Waals surface area contributed by atoms with Crippen LogP contribution in [0.4, 0.5) is 0 Å². The molecule has 0 spiro atoms. The molecule has 7 heteroatoms. The van der Waals surface area contributed by atoms with Crippen LogP contribution in [0.15, 0.2) is 0 Å². The lowest BCUT2D eigenvalue weighted by Crippen LogP contribution is -2.08. The van der Waals surface area contributed by atoms with Crippen molar-refractivity contribution in [1.29, 1.82) is 0 Å². The number of aromatic amines is 1. The summed E-state index contributed by atoms with van der Waals surface area (Å²) in [6, 6.07) is 0.110. The summed E-state index contributed by atoms with van der Waals surface area (Å²) in [6.45, 7) is 6.05. The van der Waals surface area contributed by atoms with Gasteiger partial charge in [0.1, 0.15) is 0 Å². The average molecular weight is 241 g/mol. The van der Waals surface area contributed by atoms with Gasteiger partial charge in [0.25, 0.3) is 0 Å². The molecule has 0 aromatic carbocycles. The van der Waals surface area contributed by atoms with Crippen LogP contribution >= 0.6 is 23.6 Å². The van der Waals surface area contributed by atoms with Crippen molar-refractivity contribution in [3.8, 4) is 0 Å². The van der Waals surface area contributed by atoms with Gasteiger partial charge in [0, 0.05) is 0 Å². The lowest BCUT2D eigenvalue weighted by atomic mass is 10.2. The van der Waals surface area contributed by atoms with Gasteiger partial charge in [-0.1, -0.05) is 10.3 Å². The zero-order chi connectivity index (χ0) is 11.0. The van der Waals surface area contributed by atoms with Gasteiger partial charge < -0.3 is 0 Å². The second-order valence-corrected chi connectivity index (χ2v) is 4.91. The van der Waals surface area contributed by atoms with E-state index in [4.69, 9.17) is 12.2 Å². The molecule has 1 N–H and O–H groups in total. The number of H-pyrrole nitrogens is 1. The maximum atomic E-state index is 5.05. The second-order valence-electron chi connectivity index (χ2n) is 3.31. The van der Waals surface area contributed by atoms with Crippen molar-refractivity contribution < 1.29 is 0 Å². The van der Waals surface area contributed by atoms with E-state index < -0.39 is 0 Å². The maximum absolute atomic E-state index is 5.05. The van der Waals surface area contributed by atoms with Crippen molar-refractivity contribution in [2.24, 2.45) is 0 Å². The van der Waals surface area contributed by atoms with Gasteiger partial charge >= 0.3 is 0 Å². The molecule has 0 saturated heterocycles. The number of thiazole rings is 1. The van der Waals surface area contributed by atoms with Gasteiger partial charge in [-0.3, -0.25) is 0 Å². The van der Waals surface area contributed by atoms with E-state index in [1.807, 2.05) is 13.8 Å². The Bertz CT molecular complexity index is 523. The quantitative estimate of drug-likeness (QED) is 0.817. The third-order valence-corrected chi connectivity index (χ3v) is 3.72. The molecule has 0 amide bonds. The Balaban J connectivity index is 2.45. The number of nitrogens with zero attached hydrogens (tertiary/aromatic N) is 4. The van der Waals surface area contributed by atoms with Gasteiger partial charge in [-0.2, -0.15) is 5.21 Å². The Morgan fingerprint density at radius 1 is 1.47 bits per heavy atom. The Hall–Kier alpha value is -1.08. The van der Waals surface area contributed by atoms with E-state index in [9.17, 15) is 0 Å². The Labute approximate surface area is 96.2 Å². The topological polar surface area (TPSA) is 59.4 Å². The first kappa shape index (κ1) is 10.4. The van der Waals surface area contributed by atoms with Crippen molar-refractivity contribution >= 4 is 23.6 Å². The first-order valence-corrected chi connectivity index (χ1v) is 5.75. The summed E-state index contributed by atoms with van der Waals surface area (Å²) in [5.41, 5.74) is 1.04. The lowest BCUT2D eigenvalue weighted by molar-refractivity contribution is 0.541. The first-order chi connectivity index (χ1) is 7.09. The van der Waals surface area contributed by atoms with Crippen LogP contribution in [0.5, 0.6) is 0 Å². The third kappa shape index (κ3) is 1.84. The highest BCUT2D eigenvalue weighted by Gasteiger charge is 2.15. The molecule has 15 heavy (non-hydrogen) atoms. The molecule has 0 radical (unpaired) electrons. The van der Waals surface area contributed by atoms with E-state index in [0.29, 0.717) is 4.77 Å². The fourth-order valence-electron chi connectivity index (χ4n) is 1.51. The average Bonchev–Trinajstić information content (AvgIpc) is 2.71. The number of nitrogens with one attached hydrogen (secondary N) is 1. The van der Waals surface area contributed by atoms with Crippen LogP contribution in [0.2, 0.25) is 0 Å². The smallest absolute Gasteiger partial charge is 0.238 e. The molecule has 2 aromatic rings. The highest BCUT2D eigenvalue weighted by Crippen LogP contribution is 2.26. The van der Waals surface area contributed by atoms with Crippen molar-refractivity contribution in [3.05, 3.63) is 20.3 Å². The minimum absolute atomic E-state index is 0.110. The number of hydrogen-bond donors (Lipinski definition) is 1. The van der Waals surface area contributed by atoms with E-state index >= 15 is 0 Å². The van der Waals surface area contributed by atoms with Crippen LogP contribution in [0.25, 0.3) is 0 Å². The summed E-state index contributed by atoms with van der Waals surface area (Å²) >= 11 is 6.73. The number of tetrazole rings is 1. The van der Waals surface area contributed by atoms with Crippen molar-refractivity contribution in [2.45, 2.75) is 26.8 Å². The Kier molecular flexibility index (Phi) is 2.66. The molecule has 0 aliphatic carbocycles. The van der Waals surface area contributed by atoms with Gasteiger partial charge in [0.05, 0.1) is 21.6 Å². The fraction of sp³-hybridized carbons (Fsp3) is 0.500. The molecule has 80 valence electrons. The summed E-state index contributed by atoms with van der Waals surface area (Å²) in [7, 11) is 0. The van der Waals surface area contributed by atoms with E-state index in [0.717, 1.165) is 10.7 Å². The third-order valence-electron chi connectivity index (χ3n) is 2.20. The van der Waals surface area contributed by atoms with E-state index in [1.165, 1.54) is 4.88 Å². The first-order valence-electron chi connectivity index (χ1n) is 4.53. The van der Waals surface area contributed by atoms with Gasteiger partial charge in [-0.05, 0) is 33.0 Å². The second kappa shape index (κ2) is 3.82. The monoisotopic (exact) mass is 241 g/mol. The molecular formula is C8H11N5S2. The SMILES string of the molecule is Cc1nc(C)c(C(C)n2[nH]nnc2=S)s1. The zero-order valence-corrected chi connectivity index (χ0v) is 10.3. The molecule has 0 aliphatic rings. The van der Waals surface area contributed by atoms with Gasteiger partial charge in [0.15, 0.2) is 0 Å². The van der Waals surface area contributed by atoms with Gasteiger partial charge in [-0.15, -0.1) is 11.3 Å². The highest BCUT2D eigenvalue weighted by molar-refractivity contribution is 7.71. The summed E-state index contributed by atoms with van der Waals surface area (Å²) in [5, 5.41) is 11.3. The fourth-order valence-corrected chi connectivity index (χ4v) is 2.72. The number of hydrogen-bond acceptors (Lipinski definition) is 5.